The number of esters is 1. The van der Waals surface area contributed by atoms with Gasteiger partial charge in [-0.05, 0) is 24.3 Å². The van der Waals surface area contributed by atoms with E-state index in [2.05, 4.69) is 10.3 Å². The molecule has 0 saturated heterocycles. The number of aromatic nitrogens is 1. The van der Waals surface area contributed by atoms with Crippen molar-refractivity contribution in [3.63, 3.8) is 0 Å². The lowest BCUT2D eigenvalue weighted by atomic mass is 10.2. The molecule has 0 fully saturated rings. The number of fused-ring (bicyclic) bond motifs is 1. The van der Waals surface area contributed by atoms with Gasteiger partial charge in [0.25, 0.3) is 5.91 Å². The monoisotopic (exact) mass is 288 g/mol. The van der Waals surface area contributed by atoms with Gasteiger partial charge in [0.2, 0.25) is 5.76 Å². The van der Waals surface area contributed by atoms with Gasteiger partial charge in [-0.15, -0.1) is 0 Å². The number of hydrogen-bond acceptors (Lipinski definition) is 6. The third kappa shape index (κ3) is 2.86. The number of amides is 1. The van der Waals surface area contributed by atoms with E-state index in [9.17, 15) is 9.59 Å². The van der Waals surface area contributed by atoms with Crippen molar-refractivity contribution < 1.29 is 23.5 Å². The summed E-state index contributed by atoms with van der Waals surface area (Å²) in [6.45, 7) is 0.0488. The highest BCUT2D eigenvalue weighted by Gasteiger charge is 2.28. The van der Waals surface area contributed by atoms with Crippen molar-refractivity contribution in [3.05, 3.63) is 42.5 Å². The highest BCUT2D eigenvalue weighted by Crippen LogP contribution is 2.27. The SMILES string of the molecule is O=C(OCC[C@H]1Oc2cccnc2NC1=O)c1ccco1. The van der Waals surface area contributed by atoms with Crippen molar-refractivity contribution in [3.8, 4) is 5.75 Å². The molecule has 0 saturated carbocycles. The fourth-order valence-electron chi connectivity index (χ4n) is 1.90. The molecule has 1 amide bonds. The van der Waals surface area contributed by atoms with E-state index in [1.54, 1.807) is 24.4 Å². The molecule has 0 radical (unpaired) electrons. The normalized spacial score (nSPS) is 16.6. The second-order valence-electron chi connectivity index (χ2n) is 4.35. The Morgan fingerprint density at radius 3 is 3.10 bits per heavy atom. The first kappa shape index (κ1) is 13.2. The molecule has 2 aromatic heterocycles. The Labute approximate surface area is 119 Å². The summed E-state index contributed by atoms with van der Waals surface area (Å²) in [4.78, 5) is 27.4. The zero-order chi connectivity index (χ0) is 14.7. The number of rotatable bonds is 4. The standard InChI is InChI=1S/C14H12N2O5/c17-13-10(21-9-3-1-6-15-12(9)16-13)5-8-20-14(18)11-4-2-7-19-11/h1-4,6-7,10H,5,8H2,(H,15,16,17)/t10-/m1/s1. The second kappa shape index (κ2) is 5.66. The summed E-state index contributed by atoms with van der Waals surface area (Å²) in [5.41, 5.74) is 0. The number of carbonyl (C=O) groups is 2. The predicted octanol–water partition coefficient (Wildman–Crippen LogP) is 1.62. The lowest BCUT2D eigenvalue weighted by Gasteiger charge is -2.24. The lowest BCUT2D eigenvalue weighted by molar-refractivity contribution is -0.124. The Bertz CT molecular complexity index is 653. The van der Waals surface area contributed by atoms with E-state index in [0.717, 1.165) is 0 Å². The Balaban J connectivity index is 1.54. The molecule has 7 nitrogen and oxygen atoms in total. The van der Waals surface area contributed by atoms with Crippen LogP contribution in [0.1, 0.15) is 17.0 Å². The van der Waals surface area contributed by atoms with Crippen molar-refractivity contribution in [2.45, 2.75) is 12.5 Å². The highest BCUT2D eigenvalue weighted by molar-refractivity contribution is 5.96. The summed E-state index contributed by atoms with van der Waals surface area (Å²) in [6.07, 6.45) is 2.48. The summed E-state index contributed by atoms with van der Waals surface area (Å²) >= 11 is 0. The van der Waals surface area contributed by atoms with Gasteiger partial charge in [-0.25, -0.2) is 9.78 Å². The first-order valence-electron chi connectivity index (χ1n) is 6.37. The third-order valence-electron chi connectivity index (χ3n) is 2.91. The zero-order valence-corrected chi connectivity index (χ0v) is 10.9. The summed E-state index contributed by atoms with van der Waals surface area (Å²) < 4.78 is 15.5. The van der Waals surface area contributed by atoms with Crippen LogP contribution in [-0.2, 0) is 9.53 Å². The Morgan fingerprint density at radius 1 is 1.38 bits per heavy atom. The number of nitrogens with zero attached hydrogens (tertiary/aromatic N) is 1. The van der Waals surface area contributed by atoms with Crippen molar-refractivity contribution in [1.82, 2.24) is 4.98 Å². The van der Waals surface area contributed by atoms with Crippen LogP contribution in [0.15, 0.2) is 41.1 Å². The molecule has 7 heteroatoms. The van der Waals surface area contributed by atoms with E-state index in [1.165, 1.54) is 12.3 Å². The molecule has 0 spiro atoms. The third-order valence-corrected chi connectivity index (χ3v) is 2.91. The maximum Gasteiger partial charge on any atom is 0.374 e. The molecule has 0 aliphatic carbocycles. The Hall–Kier alpha value is -2.83. The quantitative estimate of drug-likeness (QED) is 0.860. The van der Waals surface area contributed by atoms with Crippen LogP contribution in [0.5, 0.6) is 5.75 Å². The van der Waals surface area contributed by atoms with Crippen LogP contribution in [0.4, 0.5) is 5.82 Å². The molecule has 2 aromatic rings. The van der Waals surface area contributed by atoms with Gasteiger partial charge in [-0.3, -0.25) is 4.79 Å². The van der Waals surface area contributed by atoms with Crippen LogP contribution in [0.3, 0.4) is 0 Å². The number of ether oxygens (including phenoxy) is 2. The van der Waals surface area contributed by atoms with Gasteiger partial charge in [-0.2, -0.15) is 0 Å². The number of pyridine rings is 1. The molecule has 1 N–H and O–H groups in total. The lowest BCUT2D eigenvalue weighted by Crippen LogP contribution is -2.38. The van der Waals surface area contributed by atoms with Crippen LogP contribution in [0, 0.1) is 0 Å². The van der Waals surface area contributed by atoms with E-state index in [4.69, 9.17) is 13.9 Å². The molecular weight excluding hydrogens is 276 g/mol. The van der Waals surface area contributed by atoms with Crippen molar-refractivity contribution in [2.75, 3.05) is 11.9 Å². The molecule has 0 bridgehead atoms. The van der Waals surface area contributed by atoms with Gasteiger partial charge in [0.05, 0.1) is 12.9 Å². The minimum atomic E-state index is -0.717. The maximum atomic E-state index is 11.8. The average Bonchev–Trinajstić information content (AvgIpc) is 3.02. The fourth-order valence-corrected chi connectivity index (χ4v) is 1.90. The van der Waals surface area contributed by atoms with E-state index in [-0.39, 0.29) is 24.7 Å². The molecule has 108 valence electrons. The van der Waals surface area contributed by atoms with Gasteiger partial charge >= 0.3 is 5.97 Å². The Morgan fingerprint density at radius 2 is 2.29 bits per heavy atom. The number of hydrogen-bond donors (Lipinski definition) is 1. The van der Waals surface area contributed by atoms with Crippen molar-refractivity contribution in [1.29, 1.82) is 0 Å². The zero-order valence-electron chi connectivity index (χ0n) is 10.9. The average molecular weight is 288 g/mol. The largest absolute Gasteiger partial charge is 0.477 e. The van der Waals surface area contributed by atoms with Crippen molar-refractivity contribution in [2.24, 2.45) is 0 Å². The van der Waals surface area contributed by atoms with Gasteiger partial charge in [0.15, 0.2) is 17.7 Å². The first-order valence-corrected chi connectivity index (χ1v) is 6.37. The number of carbonyl (C=O) groups excluding carboxylic acids is 2. The number of furan rings is 1. The van der Waals surface area contributed by atoms with Crippen LogP contribution in [0.2, 0.25) is 0 Å². The van der Waals surface area contributed by atoms with E-state index < -0.39 is 12.1 Å². The van der Waals surface area contributed by atoms with E-state index in [1.807, 2.05) is 0 Å². The predicted molar refractivity (Wildman–Crippen MR) is 70.9 cm³/mol. The molecule has 0 aromatic carbocycles. The maximum absolute atomic E-state index is 11.8. The molecule has 0 unspecified atom stereocenters. The first-order chi connectivity index (χ1) is 10.2. The smallest absolute Gasteiger partial charge is 0.374 e. The minimum absolute atomic E-state index is 0.0488. The second-order valence-corrected chi connectivity index (χ2v) is 4.35. The van der Waals surface area contributed by atoms with Crippen LogP contribution < -0.4 is 10.1 Å². The molecular formula is C14H12N2O5. The minimum Gasteiger partial charge on any atom is -0.477 e. The summed E-state index contributed by atoms with van der Waals surface area (Å²) in [6, 6.07) is 6.53. The molecule has 1 aliphatic heterocycles. The van der Waals surface area contributed by atoms with Crippen LogP contribution >= 0.6 is 0 Å². The van der Waals surface area contributed by atoms with E-state index in [0.29, 0.717) is 11.6 Å². The van der Waals surface area contributed by atoms with E-state index >= 15 is 0 Å². The topological polar surface area (TPSA) is 90.7 Å². The molecule has 1 atom stereocenters. The summed E-state index contributed by atoms with van der Waals surface area (Å²) in [7, 11) is 0. The number of anilines is 1. The van der Waals surface area contributed by atoms with Crippen LogP contribution in [-0.4, -0.2) is 29.6 Å². The van der Waals surface area contributed by atoms with Gasteiger partial charge < -0.3 is 19.2 Å². The highest BCUT2D eigenvalue weighted by atomic mass is 16.5. The Kier molecular flexibility index (Phi) is 3.55. The van der Waals surface area contributed by atoms with Gasteiger partial charge in [0.1, 0.15) is 0 Å². The van der Waals surface area contributed by atoms with Crippen molar-refractivity contribution >= 4 is 17.7 Å². The van der Waals surface area contributed by atoms with Gasteiger partial charge in [0, 0.05) is 12.6 Å². The number of nitrogens with one attached hydrogen (secondary N) is 1. The molecule has 1 aliphatic rings. The molecule has 3 rings (SSSR count). The molecule has 3 heterocycles. The molecule has 21 heavy (non-hydrogen) atoms. The summed E-state index contributed by atoms with van der Waals surface area (Å²) in [5.74, 6) is 0.137. The van der Waals surface area contributed by atoms with Crippen LogP contribution in [0.25, 0.3) is 0 Å². The summed E-state index contributed by atoms with van der Waals surface area (Å²) in [5, 5.41) is 2.64. The van der Waals surface area contributed by atoms with Gasteiger partial charge in [-0.1, -0.05) is 0 Å². The fraction of sp³-hybridized carbons (Fsp3) is 0.214.